The summed E-state index contributed by atoms with van der Waals surface area (Å²) >= 11 is 1.95. The second kappa shape index (κ2) is 12.0. The zero-order valence-electron chi connectivity index (χ0n) is 29.1. The molecule has 0 bridgehead atoms. The Balaban J connectivity index is 0.917. The number of thioether (sulfide) groups is 1. The third kappa shape index (κ3) is 5.03. The van der Waals surface area contributed by atoms with E-state index in [9.17, 15) is 0 Å². The lowest BCUT2D eigenvalue weighted by Crippen LogP contribution is -2.25. The van der Waals surface area contributed by atoms with E-state index >= 15 is 0 Å². The molecule has 1 atom stereocenters. The Labute approximate surface area is 305 Å². The topological polar surface area (TPSA) is 15.7 Å². The first-order chi connectivity index (χ1) is 25.0. The Hall–Kier alpha value is -5.19. The Morgan fingerprint density at radius 3 is 2.37 bits per heavy atom. The highest BCUT2D eigenvalue weighted by molar-refractivity contribution is 8.03. The smallest absolute Gasteiger partial charge is 0.151 e. The van der Waals surface area contributed by atoms with E-state index in [0.717, 1.165) is 60.7 Å². The van der Waals surface area contributed by atoms with Crippen molar-refractivity contribution in [3.05, 3.63) is 178 Å². The van der Waals surface area contributed by atoms with Gasteiger partial charge in [-0.15, -0.1) is 0 Å². The van der Waals surface area contributed by atoms with Crippen molar-refractivity contribution in [1.82, 2.24) is 0 Å². The largest absolute Gasteiger partial charge is 0.457 e. The summed E-state index contributed by atoms with van der Waals surface area (Å²) in [5.74, 6) is 2.41. The van der Waals surface area contributed by atoms with Crippen LogP contribution in [0.3, 0.4) is 0 Å². The van der Waals surface area contributed by atoms with Crippen LogP contribution < -0.4 is 14.5 Å². The molecule has 3 nitrogen and oxygen atoms in total. The lowest BCUT2D eigenvalue weighted by Gasteiger charge is -2.36. The van der Waals surface area contributed by atoms with Crippen molar-refractivity contribution in [1.29, 1.82) is 0 Å². The molecule has 2 aliphatic heterocycles. The first-order valence-corrected chi connectivity index (χ1v) is 19.1. The molecule has 4 aromatic rings. The molecule has 0 spiro atoms. The van der Waals surface area contributed by atoms with Gasteiger partial charge >= 0.3 is 0 Å². The number of ether oxygens (including phenoxy) is 1. The summed E-state index contributed by atoms with van der Waals surface area (Å²) in [5.41, 5.74) is 14.2. The summed E-state index contributed by atoms with van der Waals surface area (Å²) in [5, 5.41) is 0. The lowest BCUT2D eigenvalue weighted by atomic mass is 9.73. The van der Waals surface area contributed by atoms with E-state index in [1.165, 1.54) is 54.7 Å². The fraction of sp³-hybridized carbons (Fsp3) is 0.191. The van der Waals surface area contributed by atoms with Crippen molar-refractivity contribution in [2.24, 2.45) is 5.92 Å². The summed E-state index contributed by atoms with van der Waals surface area (Å²) in [7, 11) is 0. The molecule has 0 saturated heterocycles. The van der Waals surface area contributed by atoms with Gasteiger partial charge in [0.2, 0.25) is 0 Å². The SMILES string of the molecule is CC1(C)c2cc(N3C4=C(CCC=C4)Sc4ccccc43)ccc2C2=CC=C(/C=C/c3ccc(N4C5=C(CCC=C5)Oc5ccccc54)cc3)CC21. The number of nitrogens with zero attached hydrogens (tertiary/aromatic N) is 2. The predicted octanol–water partition coefficient (Wildman–Crippen LogP) is 12.9. The third-order valence-corrected chi connectivity index (χ3v) is 12.7. The zero-order valence-corrected chi connectivity index (χ0v) is 29.9. The number of fused-ring (bicyclic) bond motifs is 5. The van der Waals surface area contributed by atoms with E-state index < -0.39 is 0 Å². The number of hydrogen-bond acceptors (Lipinski definition) is 4. The summed E-state index contributed by atoms with van der Waals surface area (Å²) in [4.78, 5) is 7.66. The van der Waals surface area contributed by atoms with Crippen LogP contribution in [0.2, 0.25) is 0 Å². The van der Waals surface area contributed by atoms with Gasteiger partial charge in [-0.2, -0.15) is 0 Å². The molecule has 0 aromatic heterocycles. The Bertz CT molecular complexity index is 2330. The molecule has 0 N–H and O–H groups in total. The van der Waals surface area contributed by atoms with Gasteiger partial charge in [0, 0.05) is 27.6 Å². The van der Waals surface area contributed by atoms with Gasteiger partial charge in [0.15, 0.2) is 5.75 Å². The highest BCUT2D eigenvalue weighted by Gasteiger charge is 2.44. The number of hydrogen-bond donors (Lipinski definition) is 0. The summed E-state index contributed by atoms with van der Waals surface area (Å²) in [6.45, 7) is 4.90. The van der Waals surface area contributed by atoms with Crippen LogP contribution in [-0.2, 0) is 5.41 Å². The van der Waals surface area contributed by atoms with E-state index in [4.69, 9.17) is 4.74 Å². The minimum absolute atomic E-state index is 0.0192. The predicted molar refractivity (Wildman–Crippen MR) is 214 cm³/mol. The van der Waals surface area contributed by atoms with Crippen LogP contribution in [0.25, 0.3) is 11.6 Å². The van der Waals surface area contributed by atoms with Crippen molar-refractivity contribution in [2.45, 2.75) is 56.3 Å². The van der Waals surface area contributed by atoms with Crippen molar-refractivity contribution in [3.8, 4) is 5.75 Å². The Kier molecular flexibility index (Phi) is 7.18. The molecule has 2 heterocycles. The second-order valence-corrected chi connectivity index (χ2v) is 15.9. The molecule has 0 fully saturated rings. The second-order valence-electron chi connectivity index (χ2n) is 14.8. The standard InChI is InChI=1S/C47H40N2OS/c1-47(2)37-29-32(20-19-31-21-24-33(25-22-31)48-39-11-3-7-15-43(39)50-44-16-8-4-12-40(44)48)23-27-35(37)36-28-26-34(30-38(36)47)49-41-13-5-9-17-45(41)51-46-18-10-6-14-42(46)49/h3-7,9,11-15,17,19-28,30,37H,8,10,16,18,29H2,1-2H3/b20-19+. The van der Waals surface area contributed by atoms with Gasteiger partial charge in [-0.3, -0.25) is 0 Å². The normalized spacial score (nSPS) is 20.9. The fourth-order valence-corrected chi connectivity index (χ4v) is 9.92. The van der Waals surface area contributed by atoms with Crippen molar-refractivity contribution in [2.75, 3.05) is 9.80 Å². The fourth-order valence-electron chi connectivity index (χ4n) is 8.76. The summed E-state index contributed by atoms with van der Waals surface area (Å²) < 4.78 is 6.31. The number of anilines is 4. The monoisotopic (exact) mass is 680 g/mol. The molecule has 51 heavy (non-hydrogen) atoms. The van der Waals surface area contributed by atoms with Gasteiger partial charge in [-0.05, 0) is 126 Å². The summed E-state index contributed by atoms with van der Waals surface area (Å²) in [6, 6.07) is 33.4. The van der Waals surface area contributed by atoms with Crippen LogP contribution >= 0.6 is 11.8 Å². The first-order valence-electron chi connectivity index (χ1n) is 18.3. The lowest BCUT2D eigenvalue weighted by molar-refractivity contribution is 0.388. The number of allylic oxidation sites excluding steroid dienone is 11. The molecule has 10 rings (SSSR count). The molecular formula is C47H40N2OS. The molecule has 4 aromatic carbocycles. The number of para-hydroxylation sites is 3. The minimum atomic E-state index is 0.0192. The average molecular weight is 681 g/mol. The maximum absolute atomic E-state index is 6.31. The molecular weight excluding hydrogens is 641 g/mol. The van der Waals surface area contributed by atoms with Crippen LogP contribution in [0.15, 0.2) is 166 Å². The Morgan fingerprint density at radius 2 is 1.49 bits per heavy atom. The molecule has 0 amide bonds. The number of rotatable bonds is 4. The molecule has 250 valence electrons. The van der Waals surface area contributed by atoms with E-state index in [-0.39, 0.29) is 5.41 Å². The van der Waals surface area contributed by atoms with Crippen LogP contribution in [0, 0.1) is 5.92 Å². The zero-order chi connectivity index (χ0) is 34.1. The van der Waals surface area contributed by atoms with E-state index in [2.05, 4.69) is 157 Å². The quantitative estimate of drug-likeness (QED) is 0.213. The third-order valence-electron chi connectivity index (χ3n) is 11.4. The highest BCUT2D eigenvalue weighted by atomic mass is 32.2. The van der Waals surface area contributed by atoms with Crippen molar-refractivity contribution in [3.63, 3.8) is 0 Å². The maximum Gasteiger partial charge on any atom is 0.151 e. The molecule has 0 radical (unpaired) electrons. The van der Waals surface area contributed by atoms with Crippen LogP contribution in [0.1, 0.15) is 62.6 Å². The van der Waals surface area contributed by atoms with Gasteiger partial charge in [-0.25, -0.2) is 0 Å². The molecule has 4 aliphatic carbocycles. The average Bonchev–Trinajstić information content (AvgIpc) is 3.40. The van der Waals surface area contributed by atoms with E-state index in [1.807, 2.05) is 17.8 Å². The molecule has 1 unspecified atom stereocenters. The van der Waals surface area contributed by atoms with Gasteiger partial charge in [0.1, 0.15) is 5.76 Å². The first kappa shape index (κ1) is 30.6. The van der Waals surface area contributed by atoms with Crippen molar-refractivity contribution < 1.29 is 4.74 Å². The van der Waals surface area contributed by atoms with Gasteiger partial charge in [0.05, 0.1) is 22.8 Å². The van der Waals surface area contributed by atoms with Crippen LogP contribution in [0.5, 0.6) is 5.75 Å². The maximum atomic E-state index is 6.31. The van der Waals surface area contributed by atoms with E-state index in [0.29, 0.717) is 5.92 Å². The molecule has 6 aliphatic rings. The Morgan fingerprint density at radius 1 is 0.745 bits per heavy atom. The highest BCUT2D eigenvalue weighted by Crippen LogP contribution is 2.56. The van der Waals surface area contributed by atoms with Crippen molar-refractivity contribution >= 4 is 46.2 Å². The minimum Gasteiger partial charge on any atom is -0.457 e. The van der Waals surface area contributed by atoms with Gasteiger partial charge < -0.3 is 14.5 Å². The van der Waals surface area contributed by atoms with Gasteiger partial charge in [-0.1, -0.05) is 105 Å². The number of benzene rings is 4. The van der Waals surface area contributed by atoms with E-state index in [1.54, 1.807) is 0 Å². The molecule has 4 heteroatoms. The van der Waals surface area contributed by atoms with Crippen LogP contribution in [0.4, 0.5) is 22.7 Å². The van der Waals surface area contributed by atoms with Crippen LogP contribution in [-0.4, -0.2) is 0 Å². The summed E-state index contributed by atoms with van der Waals surface area (Å²) in [6.07, 6.45) is 23.6. The van der Waals surface area contributed by atoms with Gasteiger partial charge in [0.25, 0.3) is 0 Å². The molecule has 0 saturated carbocycles.